The van der Waals surface area contributed by atoms with Crippen LogP contribution in [-0.2, 0) is 0 Å². The number of primary amides is 1. The number of amides is 1. The summed E-state index contributed by atoms with van der Waals surface area (Å²) in [4.78, 5) is 11.2. The van der Waals surface area contributed by atoms with E-state index in [0.29, 0.717) is 5.02 Å². The smallest absolute Gasteiger partial charge is 0.250 e. The maximum Gasteiger partial charge on any atom is 0.250 e. The lowest BCUT2D eigenvalue weighted by Crippen LogP contribution is -2.14. The van der Waals surface area contributed by atoms with Crippen molar-refractivity contribution >= 4 is 34.8 Å². The van der Waals surface area contributed by atoms with Crippen molar-refractivity contribution in [2.75, 3.05) is 5.73 Å². The van der Waals surface area contributed by atoms with Crippen molar-refractivity contribution in [3.63, 3.8) is 0 Å². The first-order valence-corrected chi connectivity index (χ1v) is 6.16. The van der Waals surface area contributed by atoms with Gasteiger partial charge >= 0.3 is 0 Å². The molecule has 0 aliphatic rings. The zero-order chi connectivity index (χ0) is 14.9. The van der Waals surface area contributed by atoms with E-state index in [2.05, 4.69) is 0 Å². The quantitative estimate of drug-likeness (QED) is 0.849. The average Bonchev–Trinajstić information content (AvgIpc) is 2.35. The highest BCUT2D eigenvalue weighted by molar-refractivity contribution is 6.35. The fraction of sp³-hybridized carbons (Fsp3) is 0. The first-order chi connectivity index (χ1) is 9.38. The molecule has 0 saturated heterocycles. The lowest BCUT2D eigenvalue weighted by molar-refractivity contribution is 0.100. The summed E-state index contributed by atoms with van der Waals surface area (Å²) in [6, 6.07) is 6.54. The molecule has 0 atom stereocenters. The Balaban J connectivity index is 2.43. The molecule has 2 aromatic carbocycles. The van der Waals surface area contributed by atoms with E-state index in [4.69, 9.17) is 39.4 Å². The third kappa shape index (κ3) is 2.95. The second-order valence-corrected chi connectivity index (χ2v) is 4.75. The van der Waals surface area contributed by atoms with Gasteiger partial charge in [-0.05, 0) is 24.3 Å². The van der Waals surface area contributed by atoms with E-state index < -0.39 is 11.7 Å². The van der Waals surface area contributed by atoms with Gasteiger partial charge in [0.15, 0.2) is 11.6 Å². The van der Waals surface area contributed by atoms with Crippen molar-refractivity contribution in [3.8, 4) is 11.5 Å². The van der Waals surface area contributed by atoms with Crippen molar-refractivity contribution in [1.82, 2.24) is 0 Å². The number of rotatable bonds is 3. The minimum absolute atomic E-state index is 0.0357. The summed E-state index contributed by atoms with van der Waals surface area (Å²) in [5.74, 6) is -1.54. The lowest BCUT2D eigenvalue weighted by atomic mass is 10.1. The predicted octanol–water partition coefficient (Wildman–Crippen LogP) is 3.61. The Kier molecular flexibility index (Phi) is 4.01. The van der Waals surface area contributed by atoms with E-state index >= 15 is 0 Å². The maximum absolute atomic E-state index is 13.8. The molecule has 0 aromatic heterocycles. The topological polar surface area (TPSA) is 78.3 Å². The van der Waals surface area contributed by atoms with Gasteiger partial charge in [-0.15, -0.1) is 0 Å². The molecule has 0 heterocycles. The number of anilines is 1. The molecule has 2 rings (SSSR count). The van der Waals surface area contributed by atoms with Crippen LogP contribution in [0.5, 0.6) is 11.5 Å². The molecule has 104 valence electrons. The highest BCUT2D eigenvalue weighted by Gasteiger charge is 2.14. The van der Waals surface area contributed by atoms with Crippen molar-refractivity contribution in [1.29, 1.82) is 0 Å². The first kappa shape index (κ1) is 14.4. The van der Waals surface area contributed by atoms with E-state index in [9.17, 15) is 9.18 Å². The van der Waals surface area contributed by atoms with Gasteiger partial charge in [0.05, 0.1) is 10.6 Å². The van der Waals surface area contributed by atoms with Crippen LogP contribution in [0.2, 0.25) is 10.0 Å². The molecule has 1 amide bonds. The highest BCUT2D eigenvalue weighted by Crippen LogP contribution is 2.34. The van der Waals surface area contributed by atoms with Crippen LogP contribution < -0.4 is 16.2 Å². The van der Waals surface area contributed by atoms with Crippen molar-refractivity contribution in [2.24, 2.45) is 5.73 Å². The molecule has 0 bridgehead atoms. The molecule has 0 spiro atoms. The van der Waals surface area contributed by atoms with Crippen LogP contribution in [0.25, 0.3) is 0 Å². The molecule has 7 heteroatoms. The number of nitrogen functional groups attached to an aromatic ring is 1. The van der Waals surface area contributed by atoms with Crippen molar-refractivity contribution in [2.45, 2.75) is 0 Å². The molecule has 0 radical (unpaired) electrons. The van der Waals surface area contributed by atoms with Gasteiger partial charge in [-0.25, -0.2) is 4.39 Å². The Morgan fingerprint density at radius 3 is 2.45 bits per heavy atom. The third-order valence-electron chi connectivity index (χ3n) is 2.48. The number of hydrogen-bond acceptors (Lipinski definition) is 3. The first-order valence-electron chi connectivity index (χ1n) is 5.40. The number of halogens is 3. The van der Waals surface area contributed by atoms with Crippen LogP contribution in [0.15, 0.2) is 30.3 Å². The monoisotopic (exact) mass is 314 g/mol. The van der Waals surface area contributed by atoms with Gasteiger partial charge in [-0.2, -0.15) is 0 Å². The van der Waals surface area contributed by atoms with Crippen LogP contribution in [0.3, 0.4) is 0 Å². The zero-order valence-corrected chi connectivity index (χ0v) is 11.5. The Hall–Kier alpha value is -1.98. The summed E-state index contributed by atoms with van der Waals surface area (Å²) in [7, 11) is 0. The lowest BCUT2D eigenvalue weighted by Gasteiger charge is -2.11. The zero-order valence-electron chi connectivity index (χ0n) is 9.99. The Labute approximate surface area is 124 Å². The van der Waals surface area contributed by atoms with Gasteiger partial charge in [-0.3, -0.25) is 4.79 Å². The normalized spacial score (nSPS) is 10.3. The molecular weight excluding hydrogens is 306 g/mol. The number of benzene rings is 2. The predicted molar refractivity (Wildman–Crippen MR) is 75.9 cm³/mol. The number of carbonyl (C=O) groups excluding carboxylic acids is 1. The van der Waals surface area contributed by atoms with E-state index in [1.165, 1.54) is 18.2 Å². The van der Waals surface area contributed by atoms with Gasteiger partial charge in [0.25, 0.3) is 5.91 Å². The minimum Gasteiger partial charge on any atom is -0.453 e. The van der Waals surface area contributed by atoms with Crippen LogP contribution >= 0.6 is 23.2 Å². The Morgan fingerprint density at radius 2 is 1.85 bits per heavy atom. The van der Waals surface area contributed by atoms with E-state index in [-0.39, 0.29) is 27.8 Å². The number of ether oxygens (including phenoxy) is 1. The summed E-state index contributed by atoms with van der Waals surface area (Å²) < 4.78 is 19.1. The molecule has 20 heavy (non-hydrogen) atoms. The van der Waals surface area contributed by atoms with E-state index in [1.807, 2.05) is 0 Å². The Morgan fingerprint density at radius 1 is 1.15 bits per heavy atom. The number of hydrogen-bond donors (Lipinski definition) is 2. The summed E-state index contributed by atoms with van der Waals surface area (Å²) in [5, 5.41) is 0.618. The molecule has 0 aliphatic carbocycles. The third-order valence-corrected chi connectivity index (χ3v) is 3.01. The molecule has 4 nitrogen and oxygen atoms in total. The van der Waals surface area contributed by atoms with Gasteiger partial charge < -0.3 is 16.2 Å². The van der Waals surface area contributed by atoms with Crippen LogP contribution in [0, 0.1) is 5.82 Å². The standard InChI is InChI=1S/C13H9Cl2FN2O2/c14-6-1-2-11(8(15)3-6)20-12-4-7(13(18)19)10(17)5-9(12)16/h1-5H,17H2,(H2,18,19). The second-order valence-electron chi connectivity index (χ2n) is 3.91. The van der Waals surface area contributed by atoms with Crippen molar-refractivity contribution < 1.29 is 13.9 Å². The fourth-order valence-electron chi connectivity index (χ4n) is 1.54. The summed E-state index contributed by atoms with van der Waals surface area (Å²) >= 11 is 11.7. The highest BCUT2D eigenvalue weighted by atomic mass is 35.5. The van der Waals surface area contributed by atoms with E-state index in [1.54, 1.807) is 0 Å². The summed E-state index contributed by atoms with van der Waals surface area (Å²) in [5.41, 5.74) is 10.5. The van der Waals surface area contributed by atoms with Gasteiger partial charge in [0.1, 0.15) is 5.75 Å². The van der Waals surface area contributed by atoms with Crippen LogP contribution in [0.1, 0.15) is 10.4 Å². The fourth-order valence-corrected chi connectivity index (χ4v) is 1.98. The van der Waals surface area contributed by atoms with Gasteiger partial charge in [0.2, 0.25) is 0 Å². The minimum atomic E-state index is -0.783. The molecular formula is C13H9Cl2FN2O2. The average molecular weight is 315 g/mol. The number of carbonyl (C=O) groups is 1. The van der Waals surface area contributed by atoms with Gasteiger partial charge in [0, 0.05) is 16.8 Å². The number of nitrogens with two attached hydrogens (primary N) is 2. The molecule has 0 unspecified atom stereocenters. The molecule has 4 N–H and O–H groups in total. The Bertz CT molecular complexity index is 692. The van der Waals surface area contributed by atoms with Crippen LogP contribution in [0.4, 0.5) is 10.1 Å². The van der Waals surface area contributed by atoms with E-state index in [0.717, 1.165) is 12.1 Å². The summed E-state index contributed by atoms with van der Waals surface area (Å²) in [6.45, 7) is 0. The molecule has 0 saturated carbocycles. The molecule has 2 aromatic rings. The molecule has 0 aliphatic heterocycles. The maximum atomic E-state index is 13.8. The van der Waals surface area contributed by atoms with Crippen molar-refractivity contribution in [3.05, 3.63) is 51.8 Å². The second kappa shape index (κ2) is 5.56. The molecule has 0 fully saturated rings. The largest absolute Gasteiger partial charge is 0.453 e. The SMILES string of the molecule is NC(=O)c1cc(Oc2ccc(Cl)cc2Cl)c(F)cc1N. The van der Waals surface area contributed by atoms with Crippen LogP contribution in [-0.4, -0.2) is 5.91 Å². The van der Waals surface area contributed by atoms with Gasteiger partial charge in [-0.1, -0.05) is 23.2 Å². The summed E-state index contributed by atoms with van der Waals surface area (Å²) in [6.07, 6.45) is 0.